The summed E-state index contributed by atoms with van der Waals surface area (Å²) in [5, 5.41) is 6.51. The fraction of sp³-hybridized carbons (Fsp3) is 1.00. The summed E-state index contributed by atoms with van der Waals surface area (Å²) >= 11 is 0. The van der Waals surface area contributed by atoms with Crippen LogP contribution in [0.25, 0.3) is 0 Å². The second-order valence-electron chi connectivity index (χ2n) is 3.35. The van der Waals surface area contributed by atoms with Crippen LogP contribution in [0.4, 0.5) is 0 Å². The molecule has 0 aromatic heterocycles. The summed E-state index contributed by atoms with van der Waals surface area (Å²) in [6, 6.07) is 1.43. The van der Waals surface area contributed by atoms with E-state index >= 15 is 0 Å². The van der Waals surface area contributed by atoms with E-state index in [-0.39, 0.29) is 0 Å². The van der Waals surface area contributed by atoms with Gasteiger partial charge in [-0.2, -0.15) is 0 Å². The molecule has 0 aromatic carbocycles. The normalized spacial score (nSPS) is 26.3. The monoisotopic (exact) mass is 187 g/mol. The molecule has 1 heterocycles. The fourth-order valence-electron chi connectivity index (χ4n) is 1.45. The average Bonchev–Trinajstić information content (AvgIpc) is 2.15. The van der Waals surface area contributed by atoms with Gasteiger partial charge in [0.1, 0.15) is 0 Å². The highest BCUT2D eigenvalue weighted by Crippen LogP contribution is 2.09. The maximum Gasteiger partial charge on any atom is 0.0368 e. The number of rotatable bonds is 4. The summed E-state index contributed by atoms with van der Waals surface area (Å²) < 4.78 is 0. The third-order valence-electron chi connectivity index (χ3n) is 2.51. The molecule has 0 saturated carbocycles. The van der Waals surface area contributed by atoms with Crippen molar-refractivity contribution >= 4 is 0 Å². The molecule has 1 fully saturated rings. The summed E-state index contributed by atoms with van der Waals surface area (Å²) in [5.74, 6) is 0. The van der Waals surface area contributed by atoms with Gasteiger partial charge < -0.3 is 10.6 Å². The number of hydrogen-bond acceptors (Lipinski definition) is 3. The zero-order valence-corrected chi connectivity index (χ0v) is 9.72. The standard InChI is InChI=1S/C8H19N3.C2H6/c1-7-8(6-10-7)11(3)5-4-9-2;1-2/h7-10H,4-6H2,1-3H3;1-2H3. The van der Waals surface area contributed by atoms with Crippen molar-refractivity contribution < 1.29 is 0 Å². The third-order valence-corrected chi connectivity index (χ3v) is 2.51. The number of nitrogens with one attached hydrogen (secondary N) is 2. The average molecular weight is 187 g/mol. The molecule has 1 rings (SSSR count). The number of likely N-dealkylation sites (N-methyl/N-ethyl adjacent to an activating group) is 2. The first-order valence-electron chi connectivity index (χ1n) is 5.34. The van der Waals surface area contributed by atoms with Crippen LogP contribution in [0.3, 0.4) is 0 Å². The summed E-state index contributed by atoms with van der Waals surface area (Å²) in [7, 11) is 4.19. The van der Waals surface area contributed by atoms with E-state index < -0.39 is 0 Å². The number of nitrogens with zero attached hydrogens (tertiary/aromatic N) is 1. The Morgan fingerprint density at radius 1 is 1.46 bits per heavy atom. The molecule has 3 nitrogen and oxygen atoms in total. The maximum absolute atomic E-state index is 3.35. The quantitative estimate of drug-likeness (QED) is 0.672. The topological polar surface area (TPSA) is 27.3 Å². The molecule has 1 saturated heterocycles. The molecular weight excluding hydrogens is 162 g/mol. The second kappa shape index (κ2) is 7.30. The van der Waals surface area contributed by atoms with Gasteiger partial charge in [-0.1, -0.05) is 13.8 Å². The van der Waals surface area contributed by atoms with Gasteiger partial charge in [-0.15, -0.1) is 0 Å². The first-order chi connectivity index (χ1) is 6.25. The van der Waals surface area contributed by atoms with Crippen molar-refractivity contribution in [3.8, 4) is 0 Å². The highest BCUT2D eigenvalue weighted by molar-refractivity contribution is 4.91. The molecule has 2 atom stereocenters. The first-order valence-corrected chi connectivity index (χ1v) is 5.34. The maximum atomic E-state index is 3.35. The summed E-state index contributed by atoms with van der Waals surface area (Å²) in [6.07, 6.45) is 0. The third kappa shape index (κ3) is 4.07. The first kappa shape index (κ1) is 12.9. The van der Waals surface area contributed by atoms with Gasteiger partial charge in [0, 0.05) is 31.7 Å². The lowest BCUT2D eigenvalue weighted by atomic mass is 10.0. The van der Waals surface area contributed by atoms with Crippen LogP contribution >= 0.6 is 0 Å². The Labute approximate surface area is 82.9 Å². The minimum Gasteiger partial charge on any atom is -0.318 e. The van der Waals surface area contributed by atoms with Crippen molar-refractivity contribution in [3.63, 3.8) is 0 Å². The van der Waals surface area contributed by atoms with Crippen LogP contribution < -0.4 is 10.6 Å². The Balaban J connectivity index is 0.000000671. The van der Waals surface area contributed by atoms with Crippen LogP contribution in [0.15, 0.2) is 0 Å². The zero-order chi connectivity index (χ0) is 10.3. The van der Waals surface area contributed by atoms with Crippen molar-refractivity contribution in [3.05, 3.63) is 0 Å². The van der Waals surface area contributed by atoms with E-state index in [1.807, 2.05) is 20.9 Å². The second-order valence-corrected chi connectivity index (χ2v) is 3.35. The van der Waals surface area contributed by atoms with Crippen molar-refractivity contribution in [2.75, 3.05) is 33.7 Å². The molecule has 13 heavy (non-hydrogen) atoms. The molecule has 1 aliphatic heterocycles. The van der Waals surface area contributed by atoms with E-state index in [4.69, 9.17) is 0 Å². The predicted molar refractivity (Wildman–Crippen MR) is 59.2 cm³/mol. The zero-order valence-electron chi connectivity index (χ0n) is 9.72. The SMILES string of the molecule is CC.CNCCN(C)C1CNC1C. The smallest absolute Gasteiger partial charge is 0.0368 e. The van der Waals surface area contributed by atoms with Crippen LogP contribution in [0.2, 0.25) is 0 Å². The molecule has 2 unspecified atom stereocenters. The molecule has 0 amide bonds. The molecule has 0 aliphatic carbocycles. The number of hydrogen-bond donors (Lipinski definition) is 2. The van der Waals surface area contributed by atoms with Gasteiger partial charge in [-0.05, 0) is 21.0 Å². The molecule has 3 heteroatoms. The van der Waals surface area contributed by atoms with Crippen molar-refractivity contribution in [1.29, 1.82) is 0 Å². The molecular formula is C10H25N3. The van der Waals surface area contributed by atoms with Crippen LogP contribution in [-0.4, -0.2) is 50.7 Å². The highest BCUT2D eigenvalue weighted by Gasteiger charge is 2.28. The van der Waals surface area contributed by atoms with Crippen LogP contribution in [0.5, 0.6) is 0 Å². The van der Waals surface area contributed by atoms with Crippen LogP contribution in [0, 0.1) is 0 Å². The minimum absolute atomic E-state index is 0.678. The molecule has 0 aromatic rings. The summed E-state index contributed by atoms with van der Waals surface area (Å²) in [6.45, 7) is 9.62. The Morgan fingerprint density at radius 3 is 2.38 bits per heavy atom. The Kier molecular flexibility index (Phi) is 7.23. The fourth-order valence-corrected chi connectivity index (χ4v) is 1.45. The molecule has 0 bridgehead atoms. The lowest BCUT2D eigenvalue weighted by Gasteiger charge is -2.41. The van der Waals surface area contributed by atoms with E-state index in [9.17, 15) is 0 Å². The molecule has 2 N–H and O–H groups in total. The molecule has 1 aliphatic rings. The van der Waals surface area contributed by atoms with Crippen LogP contribution in [0.1, 0.15) is 20.8 Å². The Bertz CT molecular complexity index is 117. The van der Waals surface area contributed by atoms with Gasteiger partial charge in [0.2, 0.25) is 0 Å². The van der Waals surface area contributed by atoms with Crippen molar-refractivity contribution in [2.24, 2.45) is 0 Å². The van der Waals surface area contributed by atoms with Gasteiger partial charge in [0.25, 0.3) is 0 Å². The predicted octanol–water partition coefficient (Wildman–Crippen LogP) is 0.524. The minimum atomic E-state index is 0.678. The van der Waals surface area contributed by atoms with Crippen LogP contribution in [-0.2, 0) is 0 Å². The lowest BCUT2D eigenvalue weighted by Crippen LogP contribution is -2.63. The van der Waals surface area contributed by atoms with E-state index in [0.717, 1.165) is 25.7 Å². The lowest BCUT2D eigenvalue weighted by molar-refractivity contribution is 0.133. The molecule has 0 radical (unpaired) electrons. The molecule has 80 valence electrons. The summed E-state index contributed by atoms with van der Waals surface area (Å²) in [5.41, 5.74) is 0. The van der Waals surface area contributed by atoms with Crippen molar-refractivity contribution in [2.45, 2.75) is 32.9 Å². The van der Waals surface area contributed by atoms with Gasteiger partial charge in [-0.25, -0.2) is 0 Å². The van der Waals surface area contributed by atoms with E-state index in [1.165, 1.54) is 0 Å². The van der Waals surface area contributed by atoms with E-state index in [0.29, 0.717) is 6.04 Å². The van der Waals surface area contributed by atoms with E-state index in [2.05, 4.69) is 29.5 Å². The highest BCUT2D eigenvalue weighted by atomic mass is 15.2. The molecule has 0 spiro atoms. The van der Waals surface area contributed by atoms with E-state index in [1.54, 1.807) is 0 Å². The Morgan fingerprint density at radius 2 is 2.08 bits per heavy atom. The van der Waals surface area contributed by atoms with Gasteiger partial charge in [0.15, 0.2) is 0 Å². The largest absolute Gasteiger partial charge is 0.318 e. The summed E-state index contributed by atoms with van der Waals surface area (Å²) in [4.78, 5) is 2.41. The Hall–Kier alpha value is -0.120. The van der Waals surface area contributed by atoms with Gasteiger partial charge in [0.05, 0.1) is 0 Å². The van der Waals surface area contributed by atoms with Crippen molar-refractivity contribution in [1.82, 2.24) is 15.5 Å². The van der Waals surface area contributed by atoms with Gasteiger partial charge in [-0.3, -0.25) is 4.90 Å². The van der Waals surface area contributed by atoms with Gasteiger partial charge >= 0.3 is 0 Å².